The highest BCUT2D eigenvalue weighted by Gasteiger charge is 2.40. The smallest absolute Gasteiger partial charge is 0.243 e. The monoisotopic (exact) mass is 154 g/mol. The summed E-state index contributed by atoms with van der Waals surface area (Å²) in [5, 5.41) is 8.83. The first-order chi connectivity index (χ1) is 5.33. The van der Waals surface area contributed by atoms with Crippen LogP contribution in [-0.2, 0) is 0 Å². The third kappa shape index (κ3) is 1.01. The lowest BCUT2D eigenvalue weighted by molar-refractivity contribution is 0.166. The van der Waals surface area contributed by atoms with Crippen LogP contribution in [0.4, 0.5) is 4.79 Å². The molecular formula is C6H10N4O. The van der Waals surface area contributed by atoms with Crippen molar-refractivity contribution in [1.29, 1.82) is 0 Å². The van der Waals surface area contributed by atoms with E-state index in [1.165, 1.54) is 5.01 Å². The van der Waals surface area contributed by atoms with E-state index in [0.29, 0.717) is 5.92 Å². The Kier molecular flexibility index (Phi) is 1.38. The minimum Gasteiger partial charge on any atom is -0.243 e. The number of carbonyl (C=O) groups excluding carboxylic acids is 1. The molecule has 0 aromatic carbocycles. The number of nitrogens with zero attached hydrogens (tertiary/aromatic N) is 3. The molecule has 0 radical (unpaired) electrons. The van der Waals surface area contributed by atoms with Crippen molar-refractivity contribution in [3.8, 4) is 0 Å². The van der Waals surface area contributed by atoms with E-state index >= 15 is 0 Å². The minimum absolute atomic E-state index is 0.0347. The number of amides is 2. The standard InChI is InChI=1S/C6H10N4O/c1-7-10-5(4-2-3-4)8-9-6(10)11/h4-5,7H,2-3H2,1H3. The van der Waals surface area contributed by atoms with Crippen LogP contribution in [0, 0.1) is 5.92 Å². The van der Waals surface area contributed by atoms with Gasteiger partial charge in [0, 0.05) is 13.0 Å². The molecule has 1 N–H and O–H groups in total. The first kappa shape index (κ1) is 6.72. The molecule has 1 heterocycles. The normalized spacial score (nSPS) is 30.1. The average Bonchev–Trinajstić information content (AvgIpc) is 2.76. The van der Waals surface area contributed by atoms with Crippen LogP contribution in [0.15, 0.2) is 10.2 Å². The van der Waals surface area contributed by atoms with Gasteiger partial charge in [-0.3, -0.25) is 0 Å². The van der Waals surface area contributed by atoms with Crippen molar-refractivity contribution in [2.75, 3.05) is 7.05 Å². The lowest BCUT2D eigenvalue weighted by Gasteiger charge is -2.18. The largest absolute Gasteiger partial charge is 0.378 e. The van der Waals surface area contributed by atoms with Crippen LogP contribution in [0.2, 0.25) is 0 Å². The molecule has 0 aromatic rings. The molecule has 1 unspecified atom stereocenters. The summed E-state index contributed by atoms with van der Waals surface area (Å²) in [6.07, 6.45) is 2.29. The van der Waals surface area contributed by atoms with E-state index in [0.717, 1.165) is 12.8 Å². The van der Waals surface area contributed by atoms with Crippen molar-refractivity contribution in [1.82, 2.24) is 10.4 Å². The van der Waals surface area contributed by atoms with Gasteiger partial charge in [-0.1, -0.05) is 5.11 Å². The van der Waals surface area contributed by atoms with Gasteiger partial charge in [0.1, 0.15) is 0 Å². The summed E-state index contributed by atoms with van der Waals surface area (Å²) in [5.74, 6) is 0.539. The van der Waals surface area contributed by atoms with Crippen LogP contribution in [-0.4, -0.2) is 24.3 Å². The van der Waals surface area contributed by atoms with Gasteiger partial charge in [-0.15, -0.1) is 0 Å². The van der Waals surface area contributed by atoms with Crippen LogP contribution in [0.25, 0.3) is 0 Å². The predicted octanol–water partition coefficient (Wildman–Crippen LogP) is 0.745. The van der Waals surface area contributed by atoms with E-state index in [4.69, 9.17) is 0 Å². The molecule has 2 rings (SSSR count). The molecule has 11 heavy (non-hydrogen) atoms. The van der Waals surface area contributed by atoms with Gasteiger partial charge in [-0.2, -0.15) is 5.11 Å². The zero-order chi connectivity index (χ0) is 7.84. The molecule has 2 aliphatic rings. The molecule has 5 heteroatoms. The van der Waals surface area contributed by atoms with E-state index in [9.17, 15) is 4.79 Å². The maximum atomic E-state index is 11.0. The minimum atomic E-state index is -0.274. The van der Waals surface area contributed by atoms with Crippen molar-refractivity contribution in [3.05, 3.63) is 0 Å². The van der Waals surface area contributed by atoms with Gasteiger partial charge in [0.15, 0.2) is 6.17 Å². The van der Waals surface area contributed by atoms with Crippen LogP contribution in [0.1, 0.15) is 12.8 Å². The van der Waals surface area contributed by atoms with E-state index in [1.54, 1.807) is 7.05 Å². The second kappa shape index (κ2) is 2.27. The highest BCUT2D eigenvalue weighted by molar-refractivity contribution is 5.75. The fourth-order valence-electron chi connectivity index (χ4n) is 1.25. The summed E-state index contributed by atoms with van der Waals surface area (Å²) >= 11 is 0. The van der Waals surface area contributed by atoms with E-state index in [-0.39, 0.29) is 12.2 Å². The van der Waals surface area contributed by atoms with Gasteiger partial charge < -0.3 is 0 Å². The van der Waals surface area contributed by atoms with E-state index in [2.05, 4.69) is 15.7 Å². The fourth-order valence-corrected chi connectivity index (χ4v) is 1.25. The quantitative estimate of drug-likeness (QED) is 0.637. The highest BCUT2D eigenvalue weighted by Crippen LogP contribution is 2.37. The maximum Gasteiger partial charge on any atom is 0.378 e. The second-order valence-corrected chi connectivity index (χ2v) is 2.84. The third-order valence-electron chi connectivity index (χ3n) is 2.02. The van der Waals surface area contributed by atoms with E-state index in [1.807, 2.05) is 0 Å². The van der Waals surface area contributed by atoms with Crippen LogP contribution < -0.4 is 5.43 Å². The first-order valence-corrected chi connectivity index (χ1v) is 3.74. The molecule has 1 saturated carbocycles. The number of azo groups is 1. The Balaban J connectivity index is 2.08. The molecule has 2 amide bonds. The molecule has 0 saturated heterocycles. The summed E-state index contributed by atoms with van der Waals surface area (Å²) in [6, 6.07) is -0.274. The molecule has 0 spiro atoms. The SMILES string of the molecule is CNN1C(=O)N=NC1C1CC1. The van der Waals surface area contributed by atoms with Gasteiger partial charge >= 0.3 is 6.03 Å². The number of carbonyl (C=O) groups is 1. The summed E-state index contributed by atoms with van der Waals surface area (Å²) in [4.78, 5) is 11.0. The topological polar surface area (TPSA) is 57.1 Å². The highest BCUT2D eigenvalue weighted by atomic mass is 16.2. The zero-order valence-corrected chi connectivity index (χ0v) is 6.32. The molecule has 1 atom stereocenters. The van der Waals surface area contributed by atoms with Gasteiger partial charge in [-0.25, -0.2) is 15.2 Å². The molecule has 1 fully saturated rings. The number of hydrogen-bond donors (Lipinski definition) is 1. The predicted molar refractivity (Wildman–Crippen MR) is 37.7 cm³/mol. The number of rotatable bonds is 2. The number of urea groups is 1. The van der Waals surface area contributed by atoms with Crippen molar-refractivity contribution < 1.29 is 4.79 Å². The van der Waals surface area contributed by atoms with Crippen LogP contribution in [0.5, 0.6) is 0 Å². The second-order valence-electron chi connectivity index (χ2n) is 2.84. The Morgan fingerprint density at radius 2 is 2.36 bits per heavy atom. The Labute approximate surface area is 64.4 Å². The van der Waals surface area contributed by atoms with Crippen molar-refractivity contribution in [3.63, 3.8) is 0 Å². The summed E-state index contributed by atoms with van der Waals surface area (Å²) in [6.45, 7) is 0. The molecule has 1 aliphatic heterocycles. The first-order valence-electron chi connectivity index (χ1n) is 3.74. The maximum absolute atomic E-state index is 11.0. The van der Waals surface area contributed by atoms with Gasteiger partial charge in [-0.05, 0) is 12.8 Å². The van der Waals surface area contributed by atoms with Crippen molar-refractivity contribution >= 4 is 6.03 Å². The van der Waals surface area contributed by atoms with E-state index < -0.39 is 0 Å². The third-order valence-corrected chi connectivity index (χ3v) is 2.02. The molecule has 5 nitrogen and oxygen atoms in total. The summed E-state index contributed by atoms with van der Waals surface area (Å²) < 4.78 is 0. The Morgan fingerprint density at radius 3 is 2.91 bits per heavy atom. The van der Waals surface area contributed by atoms with Crippen LogP contribution in [0.3, 0.4) is 0 Å². The Morgan fingerprint density at radius 1 is 1.64 bits per heavy atom. The average molecular weight is 154 g/mol. The van der Waals surface area contributed by atoms with Gasteiger partial charge in [0.2, 0.25) is 0 Å². The molecule has 0 aromatic heterocycles. The van der Waals surface area contributed by atoms with Crippen LogP contribution >= 0.6 is 0 Å². The number of nitrogens with one attached hydrogen (secondary N) is 1. The molecular weight excluding hydrogens is 144 g/mol. The zero-order valence-electron chi connectivity index (χ0n) is 6.32. The number of hydrazine groups is 1. The van der Waals surface area contributed by atoms with Gasteiger partial charge in [0.25, 0.3) is 0 Å². The molecule has 1 aliphatic carbocycles. The fraction of sp³-hybridized carbons (Fsp3) is 0.833. The lowest BCUT2D eigenvalue weighted by atomic mass is 10.3. The van der Waals surface area contributed by atoms with Crippen molar-refractivity contribution in [2.24, 2.45) is 16.1 Å². The molecule has 0 bridgehead atoms. The number of hydrogen-bond acceptors (Lipinski definition) is 3. The lowest BCUT2D eigenvalue weighted by Crippen LogP contribution is -2.43. The Hall–Kier alpha value is -0.970. The summed E-state index contributed by atoms with van der Waals surface area (Å²) in [7, 11) is 1.71. The van der Waals surface area contributed by atoms with Gasteiger partial charge in [0.05, 0.1) is 0 Å². The van der Waals surface area contributed by atoms with Crippen molar-refractivity contribution in [2.45, 2.75) is 19.0 Å². The Bertz CT molecular complexity index is 211. The molecule has 60 valence electrons. The summed E-state index contributed by atoms with van der Waals surface area (Å²) in [5.41, 5.74) is 2.78.